The normalized spacial score (nSPS) is 20.2. The Hall–Kier alpha value is -1.36. The Morgan fingerprint density at radius 1 is 1.29 bits per heavy atom. The van der Waals surface area contributed by atoms with Crippen LogP contribution in [-0.2, 0) is 4.74 Å². The summed E-state index contributed by atoms with van der Waals surface area (Å²) in [6.45, 7) is 5.69. The first-order valence-corrected chi connectivity index (χ1v) is 7.59. The van der Waals surface area contributed by atoms with Gasteiger partial charge in [-0.05, 0) is 23.6 Å². The molecule has 0 radical (unpaired) electrons. The van der Waals surface area contributed by atoms with Gasteiger partial charge in [-0.15, -0.1) is 0 Å². The molecule has 4 nitrogen and oxygen atoms in total. The summed E-state index contributed by atoms with van der Waals surface area (Å²) < 4.78 is 11.1. The Labute approximate surface area is 128 Å². The zero-order valence-corrected chi connectivity index (χ0v) is 12.5. The summed E-state index contributed by atoms with van der Waals surface area (Å²) in [4.78, 5) is 6.73. The Kier molecular flexibility index (Phi) is 3.25. The first-order chi connectivity index (χ1) is 10.2. The van der Waals surface area contributed by atoms with E-state index in [0.717, 1.165) is 43.6 Å². The van der Waals surface area contributed by atoms with Crippen LogP contribution in [0.25, 0.3) is 10.8 Å². The van der Waals surface area contributed by atoms with Gasteiger partial charge in [0, 0.05) is 41.7 Å². The molecule has 0 amide bonds. The average Bonchev–Trinajstić information content (AvgIpc) is 2.39. The molecule has 3 heterocycles. The highest BCUT2D eigenvalue weighted by molar-refractivity contribution is 6.31. The SMILES string of the molecule is Clc1ccc2ccnc(OCCN3CC4(COC4)C3)c2c1. The van der Waals surface area contributed by atoms with Crippen LogP contribution in [0.15, 0.2) is 30.5 Å². The van der Waals surface area contributed by atoms with Crippen LogP contribution in [0.3, 0.4) is 0 Å². The maximum Gasteiger partial charge on any atom is 0.221 e. The number of likely N-dealkylation sites (tertiary alicyclic amines) is 1. The predicted octanol–water partition coefficient (Wildman–Crippen LogP) is 2.60. The van der Waals surface area contributed by atoms with Gasteiger partial charge in [-0.25, -0.2) is 4.98 Å². The van der Waals surface area contributed by atoms with E-state index < -0.39 is 0 Å². The van der Waals surface area contributed by atoms with Gasteiger partial charge in [0.1, 0.15) is 6.61 Å². The molecule has 1 spiro atoms. The maximum atomic E-state index is 6.06. The third kappa shape index (κ3) is 2.48. The van der Waals surface area contributed by atoms with Crippen molar-refractivity contribution in [1.29, 1.82) is 0 Å². The Bertz CT molecular complexity index is 664. The molecule has 4 rings (SSSR count). The molecule has 1 aromatic heterocycles. The van der Waals surface area contributed by atoms with E-state index in [1.54, 1.807) is 6.20 Å². The molecule has 2 aliphatic heterocycles. The van der Waals surface area contributed by atoms with Crippen LogP contribution in [0, 0.1) is 5.41 Å². The van der Waals surface area contributed by atoms with Gasteiger partial charge < -0.3 is 9.47 Å². The van der Waals surface area contributed by atoms with Gasteiger partial charge in [0.15, 0.2) is 0 Å². The van der Waals surface area contributed by atoms with Gasteiger partial charge in [-0.1, -0.05) is 17.7 Å². The number of nitrogens with zero attached hydrogens (tertiary/aromatic N) is 2. The van der Waals surface area contributed by atoms with E-state index in [9.17, 15) is 0 Å². The Morgan fingerprint density at radius 2 is 2.14 bits per heavy atom. The maximum absolute atomic E-state index is 6.06. The lowest BCUT2D eigenvalue weighted by molar-refractivity contribution is -0.189. The number of hydrogen-bond donors (Lipinski definition) is 0. The number of pyridine rings is 1. The Balaban J connectivity index is 1.37. The molecule has 2 fully saturated rings. The first-order valence-electron chi connectivity index (χ1n) is 7.21. The molecule has 0 bridgehead atoms. The second-order valence-electron chi connectivity index (χ2n) is 6.03. The van der Waals surface area contributed by atoms with E-state index in [1.165, 1.54) is 0 Å². The van der Waals surface area contributed by atoms with E-state index in [2.05, 4.69) is 9.88 Å². The lowest BCUT2D eigenvalue weighted by Gasteiger charge is -2.55. The molecule has 0 N–H and O–H groups in total. The van der Waals surface area contributed by atoms with Crippen molar-refractivity contribution in [2.75, 3.05) is 39.5 Å². The van der Waals surface area contributed by atoms with E-state index in [0.29, 0.717) is 22.9 Å². The molecular weight excluding hydrogens is 288 g/mol. The summed E-state index contributed by atoms with van der Waals surface area (Å²) in [5.41, 5.74) is 0.464. The standard InChI is InChI=1S/C16H17ClN2O2/c17-13-2-1-12-3-4-18-15(14(12)7-13)21-6-5-19-8-16(9-19)10-20-11-16/h1-4,7H,5-6,8-11H2. The fourth-order valence-corrected chi connectivity index (χ4v) is 3.31. The molecule has 0 unspecified atom stereocenters. The molecule has 21 heavy (non-hydrogen) atoms. The second kappa shape index (κ2) is 5.13. The molecule has 110 valence electrons. The molecule has 2 aliphatic rings. The molecular formula is C16H17ClN2O2. The number of aromatic nitrogens is 1. The number of halogens is 1. The van der Waals surface area contributed by atoms with Gasteiger partial charge in [-0.3, -0.25) is 4.90 Å². The summed E-state index contributed by atoms with van der Waals surface area (Å²) in [5.74, 6) is 0.664. The van der Waals surface area contributed by atoms with Gasteiger partial charge in [-0.2, -0.15) is 0 Å². The van der Waals surface area contributed by atoms with Crippen LogP contribution >= 0.6 is 11.6 Å². The van der Waals surface area contributed by atoms with Gasteiger partial charge >= 0.3 is 0 Å². The molecule has 2 saturated heterocycles. The van der Waals surface area contributed by atoms with Crippen molar-refractivity contribution in [2.24, 2.45) is 5.41 Å². The van der Waals surface area contributed by atoms with Crippen molar-refractivity contribution < 1.29 is 9.47 Å². The fourth-order valence-electron chi connectivity index (χ4n) is 3.13. The first kappa shape index (κ1) is 13.3. The lowest BCUT2D eigenvalue weighted by Crippen LogP contribution is -2.66. The minimum absolute atomic E-state index is 0.464. The predicted molar refractivity (Wildman–Crippen MR) is 81.9 cm³/mol. The van der Waals surface area contributed by atoms with Crippen LogP contribution in [0.4, 0.5) is 0 Å². The summed E-state index contributed by atoms with van der Waals surface area (Å²) in [6.07, 6.45) is 1.77. The van der Waals surface area contributed by atoms with Gasteiger partial charge in [0.25, 0.3) is 0 Å². The van der Waals surface area contributed by atoms with Crippen molar-refractivity contribution in [3.63, 3.8) is 0 Å². The highest BCUT2D eigenvalue weighted by Crippen LogP contribution is 2.37. The number of benzene rings is 1. The van der Waals surface area contributed by atoms with Crippen LogP contribution in [0.1, 0.15) is 0 Å². The number of fused-ring (bicyclic) bond motifs is 1. The molecule has 1 aromatic carbocycles. The van der Waals surface area contributed by atoms with E-state index in [-0.39, 0.29) is 0 Å². The van der Waals surface area contributed by atoms with Crippen molar-refractivity contribution >= 4 is 22.4 Å². The van der Waals surface area contributed by atoms with Crippen LogP contribution in [0.2, 0.25) is 5.02 Å². The van der Waals surface area contributed by atoms with Crippen LogP contribution < -0.4 is 4.74 Å². The van der Waals surface area contributed by atoms with E-state index >= 15 is 0 Å². The van der Waals surface area contributed by atoms with E-state index in [1.807, 2.05) is 24.3 Å². The monoisotopic (exact) mass is 304 g/mol. The topological polar surface area (TPSA) is 34.6 Å². The minimum Gasteiger partial charge on any atom is -0.476 e. The summed E-state index contributed by atoms with van der Waals surface area (Å²) in [6, 6.07) is 7.74. The zero-order valence-electron chi connectivity index (χ0n) is 11.7. The molecule has 5 heteroatoms. The number of rotatable bonds is 4. The largest absolute Gasteiger partial charge is 0.476 e. The van der Waals surface area contributed by atoms with Crippen molar-refractivity contribution in [2.45, 2.75) is 0 Å². The highest BCUT2D eigenvalue weighted by atomic mass is 35.5. The van der Waals surface area contributed by atoms with Crippen molar-refractivity contribution in [3.8, 4) is 5.88 Å². The second-order valence-corrected chi connectivity index (χ2v) is 6.47. The van der Waals surface area contributed by atoms with E-state index in [4.69, 9.17) is 21.1 Å². The summed E-state index contributed by atoms with van der Waals surface area (Å²) in [7, 11) is 0. The number of ether oxygens (including phenoxy) is 2. The summed E-state index contributed by atoms with van der Waals surface area (Å²) >= 11 is 6.06. The zero-order chi connectivity index (χ0) is 14.3. The molecule has 0 saturated carbocycles. The third-order valence-corrected chi connectivity index (χ3v) is 4.51. The van der Waals surface area contributed by atoms with Gasteiger partial charge in [0.2, 0.25) is 5.88 Å². The molecule has 2 aromatic rings. The smallest absolute Gasteiger partial charge is 0.221 e. The highest BCUT2D eigenvalue weighted by Gasteiger charge is 2.48. The molecule has 0 aliphatic carbocycles. The average molecular weight is 305 g/mol. The molecule has 0 atom stereocenters. The lowest BCUT2D eigenvalue weighted by atomic mass is 9.78. The quantitative estimate of drug-likeness (QED) is 0.869. The van der Waals surface area contributed by atoms with Crippen LogP contribution in [-0.4, -0.2) is 49.3 Å². The Morgan fingerprint density at radius 3 is 2.90 bits per heavy atom. The van der Waals surface area contributed by atoms with Gasteiger partial charge in [0.05, 0.1) is 13.2 Å². The minimum atomic E-state index is 0.464. The van der Waals surface area contributed by atoms with Crippen molar-refractivity contribution in [1.82, 2.24) is 9.88 Å². The third-order valence-electron chi connectivity index (χ3n) is 4.27. The fraction of sp³-hybridized carbons (Fsp3) is 0.438. The number of hydrogen-bond acceptors (Lipinski definition) is 4. The summed E-state index contributed by atoms with van der Waals surface area (Å²) in [5, 5.41) is 2.77. The van der Waals surface area contributed by atoms with Crippen LogP contribution in [0.5, 0.6) is 5.88 Å². The van der Waals surface area contributed by atoms with Crippen molar-refractivity contribution in [3.05, 3.63) is 35.5 Å².